The van der Waals surface area contributed by atoms with E-state index in [2.05, 4.69) is 28.5 Å². The second kappa shape index (κ2) is 8.82. The Morgan fingerprint density at radius 2 is 1.85 bits per heavy atom. The van der Waals surface area contributed by atoms with E-state index in [1.807, 2.05) is 57.3 Å². The van der Waals surface area contributed by atoms with Crippen molar-refractivity contribution in [2.45, 2.75) is 39.7 Å². The third kappa shape index (κ3) is 5.41. The van der Waals surface area contributed by atoms with E-state index in [0.29, 0.717) is 11.6 Å². The summed E-state index contributed by atoms with van der Waals surface area (Å²) >= 11 is 1.50. The molecule has 2 aromatic carbocycles. The lowest BCUT2D eigenvalue weighted by Gasteiger charge is -2.17. The van der Waals surface area contributed by atoms with E-state index >= 15 is 0 Å². The van der Waals surface area contributed by atoms with Crippen LogP contribution in [0.1, 0.15) is 34.9 Å². The van der Waals surface area contributed by atoms with Crippen LogP contribution in [0.3, 0.4) is 0 Å². The number of carbonyl (C=O) groups excluding carboxylic acids is 1. The maximum Gasteiger partial charge on any atom is 0.267 e. The van der Waals surface area contributed by atoms with Crippen LogP contribution in [-0.4, -0.2) is 17.0 Å². The summed E-state index contributed by atoms with van der Waals surface area (Å²) in [5, 5.41) is 3.50. The molecule has 3 rings (SSSR count). The molecule has 0 aliphatic carbocycles. The molecule has 27 heavy (non-hydrogen) atoms. The summed E-state index contributed by atoms with van der Waals surface area (Å²) in [5.41, 5.74) is 3.46. The molecule has 0 spiro atoms. The van der Waals surface area contributed by atoms with Gasteiger partial charge < -0.3 is 4.74 Å². The Hall–Kier alpha value is -2.66. The summed E-state index contributed by atoms with van der Waals surface area (Å²) in [4.78, 5) is 18.1. The molecule has 3 aromatic rings. The van der Waals surface area contributed by atoms with Gasteiger partial charge in [-0.1, -0.05) is 43.3 Å². The van der Waals surface area contributed by atoms with Crippen LogP contribution in [0, 0.1) is 13.8 Å². The van der Waals surface area contributed by atoms with Gasteiger partial charge in [0.15, 0.2) is 11.2 Å². The van der Waals surface area contributed by atoms with Gasteiger partial charge in [-0.05, 0) is 49.1 Å². The maximum absolute atomic E-state index is 12.6. The predicted octanol–water partition coefficient (Wildman–Crippen LogP) is 5.15. The minimum atomic E-state index is -0.548. The first-order valence-electron chi connectivity index (χ1n) is 9.08. The average molecular weight is 381 g/mol. The Labute approximate surface area is 164 Å². The summed E-state index contributed by atoms with van der Waals surface area (Å²) in [5.74, 6) is 0.552. The number of aromatic nitrogens is 1. The van der Waals surface area contributed by atoms with Gasteiger partial charge >= 0.3 is 0 Å². The zero-order valence-corrected chi connectivity index (χ0v) is 16.7. The van der Waals surface area contributed by atoms with Crippen LogP contribution in [0.2, 0.25) is 0 Å². The predicted molar refractivity (Wildman–Crippen MR) is 111 cm³/mol. The Bertz CT molecular complexity index is 885. The standard InChI is InChI=1S/C22H24N2O2S/c1-4-20(26-18-11-15(2)10-16(3)12-18)21(25)24-22-23-14-19(27-22)13-17-8-6-5-7-9-17/h5-12,14,20H,4,13H2,1-3H3,(H,23,24,25). The minimum Gasteiger partial charge on any atom is -0.481 e. The quantitative estimate of drug-likeness (QED) is 0.617. The average Bonchev–Trinajstić information content (AvgIpc) is 3.06. The highest BCUT2D eigenvalue weighted by atomic mass is 32.1. The number of nitrogens with zero attached hydrogens (tertiary/aromatic N) is 1. The van der Waals surface area contributed by atoms with Gasteiger partial charge in [-0.2, -0.15) is 0 Å². The fourth-order valence-corrected chi connectivity index (χ4v) is 3.77. The van der Waals surface area contributed by atoms with Crippen LogP contribution in [0.15, 0.2) is 54.7 Å². The fourth-order valence-electron chi connectivity index (χ4n) is 2.92. The number of benzene rings is 2. The van der Waals surface area contributed by atoms with Crippen molar-refractivity contribution in [3.8, 4) is 5.75 Å². The van der Waals surface area contributed by atoms with E-state index in [4.69, 9.17) is 4.74 Å². The first kappa shape index (κ1) is 19.1. The lowest BCUT2D eigenvalue weighted by Crippen LogP contribution is -2.32. The lowest BCUT2D eigenvalue weighted by molar-refractivity contribution is -0.122. The normalized spacial score (nSPS) is 11.8. The van der Waals surface area contributed by atoms with Gasteiger partial charge in [0.1, 0.15) is 5.75 Å². The lowest BCUT2D eigenvalue weighted by atomic mass is 10.1. The second-order valence-corrected chi connectivity index (χ2v) is 7.74. The van der Waals surface area contributed by atoms with E-state index < -0.39 is 6.10 Å². The van der Waals surface area contributed by atoms with Crippen molar-refractivity contribution in [3.05, 3.63) is 76.3 Å². The SMILES string of the molecule is CCC(Oc1cc(C)cc(C)c1)C(=O)Nc1ncc(Cc2ccccc2)s1. The minimum absolute atomic E-state index is 0.169. The summed E-state index contributed by atoms with van der Waals surface area (Å²) in [7, 11) is 0. The molecule has 140 valence electrons. The number of ether oxygens (including phenoxy) is 1. The van der Waals surface area contributed by atoms with Crippen LogP contribution >= 0.6 is 11.3 Å². The summed E-state index contributed by atoms with van der Waals surface area (Å²) < 4.78 is 5.93. The molecule has 0 saturated heterocycles. The molecule has 1 atom stereocenters. The molecular formula is C22H24N2O2S. The van der Waals surface area contributed by atoms with E-state index in [1.54, 1.807) is 0 Å². The molecule has 0 radical (unpaired) electrons. The smallest absolute Gasteiger partial charge is 0.267 e. The number of anilines is 1. The number of hydrogen-bond acceptors (Lipinski definition) is 4. The third-order valence-corrected chi connectivity index (χ3v) is 5.05. The van der Waals surface area contributed by atoms with E-state index in [9.17, 15) is 4.79 Å². The molecule has 1 aromatic heterocycles. The molecule has 0 aliphatic heterocycles. The number of nitrogens with one attached hydrogen (secondary N) is 1. The van der Waals surface area contributed by atoms with Gasteiger partial charge in [0.25, 0.3) is 5.91 Å². The molecule has 0 saturated carbocycles. The second-order valence-electron chi connectivity index (χ2n) is 6.62. The molecule has 1 amide bonds. The van der Waals surface area contributed by atoms with Crippen LogP contribution in [-0.2, 0) is 11.2 Å². The van der Waals surface area contributed by atoms with Crippen LogP contribution in [0.25, 0.3) is 0 Å². The number of hydrogen-bond donors (Lipinski definition) is 1. The van der Waals surface area contributed by atoms with Gasteiger partial charge in [-0.15, -0.1) is 11.3 Å². The largest absolute Gasteiger partial charge is 0.481 e. The Morgan fingerprint density at radius 3 is 2.52 bits per heavy atom. The van der Waals surface area contributed by atoms with Crippen molar-refractivity contribution in [2.75, 3.05) is 5.32 Å². The molecular weight excluding hydrogens is 356 g/mol. The van der Waals surface area contributed by atoms with Crippen molar-refractivity contribution >= 4 is 22.4 Å². The molecule has 5 heteroatoms. The first-order chi connectivity index (χ1) is 13.0. The summed E-state index contributed by atoms with van der Waals surface area (Å²) in [6, 6.07) is 16.2. The third-order valence-electron chi connectivity index (χ3n) is 4.14. The van der Waals surface area contributed by atoms with E-state index in [1.165, 1.54) is 16.9 Å². The van der Waals surface area contributed by atoms with Crippen LogP contribution < -0.4 is 10.1 Å². The van der Waals surface area contributed by atoms with Crippen LogP contribution in [0.5, 0.6) is 5.75 Å². The molecule has 1 unspecified atom stereocenters. The highest BCUT2D eigenvalue weighted by Gasteiger charge is 2.20. The monoisotopic (exact) mass is 380 g/mol. The number of thiazole rings is 1. The Balaban J connectivity index is 1.63. The molecule has 0 aliphatic rings. The van der Waals surface area contributed by atoms with Crippen molar-refractivity contribution < 1.29 is 9.53 Å². The summed E-state index contributed by atoms with van der Waals surface area (Å²) in [6.45, 7) is 5.98. The van der Waals surface area contributed by atoms with Crippen molar-refractivity contribution in [2.24, 2.45) is 0 Å². The molecule has 1 heterocycles. The van der Waals surface area contributed by atoms with Gasteiger partial charge in [0.05, 0.1) is 0 Å². The fraction of sp³-hybridized carbons (Fsp3) is 0.273. The highest BCUT2D eigenvalue weighted by Crippen LogP contribution is 2.23. The molecule has 0 bridgehead atoms. The number of carbonyl (C=O) groups is 1. The van der Waals surface area contributed by atoms with Crippen LogP contribution in [0.4, 0.5) is 5.13 Å². The Morgan fingerprint density at radius 1 is 1.15 bits per heavy atom. The van der Waals surface area contributed by atoms with E-state index in [0.717, 1.165) is 28.2 Å². The molecule has 1 N–H and O–H groups in total. The summed E-state index contributed by atoms with van der Waals surface area (Å²) in [6.07, 6.45) is 2.66. The highest BCUT2D eigenvalue weighted by molar-refractivity contribution is 7.15. The molecule has 4 nitrogen and oxygen atoms in total. The first-order valence-corrected chi connectivity index (χ1v) is 9.89. The van der Waals surface area contributed by atoms with Crippen molar-refractivity contribution in [1.82, 2.24) is 4.98 Å². The Kier molecular flexibility index (Phi) is 6.24. The van der Waals surface area contributed by atoms with E-state index in [-0.39, 0.29) is 5.91 Å². The number of amides is 1. The maximum atomic E-state index is 12.6. The van der Waals surface area contributed by atoms with Gasteiger partial charge in [-0.3, -0.25) is 10.1 Å². The zero-order chi connectivity index (χ0) is 19.2. The number of aryl methyl sites for hydroxylation is 2. The molecule has 0 fully saturated rings. The topological polar surface area (TPSA) is 51.2 Å². The van der Waals surface area contributed by atoms with Gasteiger partial charge in [0, 0.05) is 17.5 Å². The van der Waals surface area contributed by atoms with Crippen molar-refractivity contribution in [1.29, 1.82) is 0 Å². The number of rotatable bonds is 7. The van der Waals surface area contributed by atoms with Crippen molar-refractivity contribution in [3.63, 3.8) is 0 Å². The van der Waals surface area contributed by atoms with Gasteiger partial charge in [0.2, 0.25) is 0 Å². The van der Waals surface area contributed by atoms with Gasteiger partial charge in [-0.25, -0.2) is 4.98 Å². The zero-order valence-electron chi connectivity index (χ0n) is 15.9.